The Balaban J connectivity index is 1.57. The van der Waals surface area contributed by atoms with E-state index in [0.29, 0.717) is 12.2 Å². The smallest absolute Gasteiger partial charge is 0.258 e. The van der Waals surface area contributed by atoms with E-state index in [1.165, 1.54) is 23.4 Å². The van der Waals surface area contributed by atoms with E-state index in [2.05, 4.69) is 22.3 Å². The molecule has 3 aromatic carbocycles. The molecule has 0 spiro atoms. The van der Waals surface area contributed by atoms with Crippen LogP contribution in [0, 0.1) is 11.6 Å². The Morgan fingerprint density at radius 3 is 2.63 bits per heavy atom. The van der Waals surface area contributed by atoms with Crippen molar-refractivity contribution in [1.82, 2.24) is 0 Å². The second kappa shape index (κ2) is 7.19. The van der Waals surface area contributed by atoms with Crippen molar-refractivity contribution in [3.05, 3.63) is 95.1 Å². The fraction of sp³-hybridized carbons (Fsp3) is 0.136. The van der Waals surface area contributed by atoms with Crippen LogP contribution in [0.4, 0.5) is 20.2 Å². The number of hydrogen-bond acceptors (Lipinski definition) is 2. The van der Waals surface area contributed by atoms with Crippen molar-refractivity contribution in [2.45, 2.75) is 13.0 Å². The lowest BCUT2D eigenvalue weighted by Gasteiger charge is -2.21. The summed E-state index contributed by atoms with van der Waals surface area (Å²) in [6.45, 7) is 1.53. The van der Waals surface area contributed by atoms with Crippen molar-refractivity contribution in [3.8, 4) is 0 Å². The molecule has 136 valence electrons. The maximum absolute atomic E-state index is 13.9. The van der Waals surface area contributed by atoms with Gasteiger partial charge in [0.1, 0.15) is 0 Å². The number of hydrogen-bond donors (Lipinski definition) is 1. The van der Waals surface area contributed by atoms with Gasteiger partial charge >= 0.3 is 0 Å². The molecule has 3 aromatic rings. The Labute approximate surface area is 156 Å². The highest BCUT2D eigenvalue weighted by Gasteiger charge is 2.20. The number of nitrogens with one attached hydrogen (secondary N) is 1. The average molecular weight is 364 g/mol. The lowest BCUT2D eigenvalue weighted by molar-refractivity contribution is 0.102. The number of amides is 1. The van der Waals surface area contributed by atoms with Crippen LogP contribution in [0.25, 0.3) is 0 Å². The van der Waals surface area contributed by atoms with Crippen LogP contribution in [-0.4, -0.2) is 12.5 Å². The summed E-state index contributed by atoms with van der Waals surface area (Å²) in [6.07, 6.45) is 0.985. The molecule has 1 amide bonds. The maximum atomic E-state index is 13.9. The number of carbonyl (C=O) groups excluding carboxylic acids is 1. The third-order valence-corrected chi connectivity index (χ3v) is 4.81. The van der Waals surface area contributed by atoms with Crippen molar-refractivity contribution in [2.75, 3.05) is 16.8 Å². The van der Waals surface area contributed by atoms with Gasteiger partial charge in [0, 0.05) is 24.5 Å². The van der Waals surface area contributed by atoms with E-state index in [1.54, 1.807) is 12.1 Å². The van der Waals surface area contributed by atoms with Gasteiger partial charge in [0.2, 0.25) is 0 Å². The van der Waals surface area contributed by atoms with Gasteiger partial charge in [-0.1, -0.05) is 42.5 Å². The monoisotopic (exact) mass is 364 g/mol. The standard InChI is InChI=1S/C22H18F2N2O/c23-18-9-5-8-17(21(18)24)22(27)25-19-10-3-1-7-16(19)14-26-13-12-15-6-2-4-11-20(15)26/h1-11H,12-14H2,(H,25,27). The minimum absolute atomic E-state index is 0.309. The first-order chi connectivity index (χ1) is 13.1. The Morgan fingerprint density at radius 2 is 1.74 bits per heavy atom. The SMILES string of the molecule is O=C(Nc1ccccc1CN1CCc2ccccc21)c1cccc(F)c1F. The number of para-hydroxylation sites is 2. The number of rotatable bonds is 4. The second-order valence-electron chi connectivity index (χ2n) is 6.51. The van der Waals surface area contributed by atoms with E-state index < -0.39 is 17.5 Å². The molecule has 0 aromatic heterocycles. The van der Waals surface area contributed by atoms with Crippen LogP contribution >= 0.6 is 0 Å². The van der Waals surface area contributed by atoms with Crippen LogP contribution in [0.15, 0.2) is 66.7 Å². The highest BCUT2D eigenvalue weighted by Crippen LogP contribution is 2.30. The first kappa shape index (κ1) is 17.2. The molecule has 0 atom stereocenters. The largest absolute Gasteiger partial charge is 0.367 e. The Morgan fingerprint density at radius 1 is 0.963 bits per heavy atom. The highest BCUT2D eigenvalue weighted by molar-refractivity contribution is 6.04. The van der Waals surface area contributed by atoms with E-state index in [0.717, 1.165) is 24.6 Å². The minimum Gasteiger partial charge on any atom is -0.367 e. The van der Waals surface area contributed by atoms with Crippen LogP contribution in [0.5, 0.6) is 0 Å². The molecule has 1 aliphatic heterocycles. The Hall–Kier alpha value is -3.21. The molecule has 0 aliphatic carbocycles. The lowest BCUT2D eigenvalue weighted by Crippen LogP contribution is -2.22. The van der Waals surface area contributed by atoms with Crippen LogP contribution in [0.1, 0.15) is 21.5 Å². The summed E-state index contributed by atoms with van der Waals surface area (Å²) < 4.78 is 27.3. The van der Waals surface area contributed by atoms with Crippen LogP contribution < -0.4 is 10.2 Å². The number of carbonyl (C=O) groups is 1. The molecule has 0 unspecified atom stereocenters. The zero-order valence-corrected chi connectivity index (χ0v) is 14.6. The third kappa shape index (κ3) is 3.40. The van der Waals surface area contributed by atoms with Crippen LogP contribution in [0.3, 0.4) is 0 Å². The molecular weight excluding hydrogens is 346 g/mol. The van der Waals surface area contributed by atoms with Crippen LogP contribution in [-0.2, 0) is 13.0 Å². The van der Waals surface area contributed by atoms with E-state index >= 15 is 0 Å². The highest BCUT2D eigenvalue weighted by atomic mass is 19.2. The Bertz CT molecular complexity index is 1000. The van der Waals surface area contributed by atoms with Gasteiger partial charge in [-0.15, -0.1) is 0 Å². The first-order valence-electron chi connectivity index (χ1n) is 8.79. The van der Waals surface area contributed by atoms with Crippen molar-refractivity contribution in [3.63, 3.8) is 0 Å². The summed E-state index contributed by atoms with van der Waals surface area (Å²) in [4.78, 5) is 14.7. The molecule has 0 bridgehead atoms. The van der Waals surface area contributed by atoms with Gasteiger partial charge in [0.05, 0.1) is 5.56 Å². The zero-order chi connectivity index (χ0) is 18.8. The van der Waals surface area contributed by atoms with Crippen molar-refractivity contribution in [2.24, 2.45) is 0 Å². The van der Waals surface area contributed by atoms with Gasteiger partial charge < -0.3 is 10.2 Å². The van der Waals surface area contributed by atoms with Gasteiger partial charge in [0.25, 0.3) is 5.91 Å². The quantitative estimate of drug-likeness (QED) is 0.723. The van der Waals surface area contributed by atoms with E-state index in [1.807, 2.05) is 24.3 Å². The minimum atomic E-state index is -1.14. The average Bonchev–Trinajstić information content (AvgIpc) is 3.08. The summed E-state index contributed by atoms with van der Waals surface area (Å²) in [5.41, 5.74) is 3.70. The molecule has 3 nitrogen and oxygen atoms in total. The topological polar surface area (TPSA) is 32.3 Å². The third-order valence-electron chi connectivity index (χ3n) is 4.81. The Kier molecular flexibility index (Phi) is 4.59. The zero-order valence-electron chi connectivity index (χ0n) is 14.6. The van der Waals surface area contributed by atoms with Gasteiger partial charge in [-0.3, -0.25) is 4.79 Å². The predicted molar refractivity (Wildman–Crippen MR) is 102 cm³/mol. The molecule has 27 heavy (non-hydrogen) atoms. The molecule has 0 radical (unpaired) electrons. The lowest BCUT2D eigenvalue weighted by atomic mass is 10.1. The molecule has 1 N–H and O–H groups in total. The molecule has 1 heterocycles. The van der Waals surface area contributed by atoms with E-state index in [4.69, 9.17) is 0 Å². The molecule has 5 heteroatoms. The van der Waals surface area contributed by atoms with Gasteiger partial charge in [-0.2, -0.15) is 0 Å². The van der Waals surface area contributed by atoms with Gasteiger partial charge in [-0.05, 0) is 41.8 Å². The number of halogens is 2. The second-order valence-corrected chi connectivity index (χ2v) is 6.51. The summed E-state index contributed by atoms with van der Waals surface area (Å²) in [5.74, 6) is -2.84. The van der Waals surface area contributed by atoms with Crippen molar-refractivity contribution < 1.29 is 13.6 Å². The fourth-order valence-electron chi connectivity index (χ4n) is 3.43. The number of nitrogens with zero attached hydrogens (tertiary/aromatic N) is 1. The molecule has 0 saturated heterocycles. The summed E-state index contributed by atoms with van der Waals surface area (Å²) in [5, 5.41) is 2.72. The summed E-state index contributed by atoms with van der Waals surface area (Å²) >= 11 is 0. The fourth-order valence-corrected chi connectivity index (χ4v) is 3.43. The normalized spacial score (nSPS) is 12.7. The predicted octanol–water partition coefficient (Wildman–Crippen LogP) is 4.78. The molecule has 4 rings (SSSR count). The number of benzene rings is 3. The maximum Gasteiger partial charge on any atom is 0.258 e. The molecule has 0 saturated carbocycles. The van der Waals surface area contributed by atoms with Crippen molar-refractivity contribution in [1.29, 1.82) is 0 Å². The molecular formula is C22H18F2N2O. The number of anilines is 2. The molecule has 0 fully saturated rings. The number of fused-ring (bicyclic) bond motifs is 1. The van der Waals surface area contributed by atoms with E-state index in [9.17, 15) is 13.6 Å². The van der Waals surface area contributed by atoms with Gasteiger partial charge in [0.15, 0.2) is 11.6 Å². The van der Waals surface area contributed by atoms with Crippen LogP contribution in [0.2, 0.25) is 0 Å². The van der Waals surface area contributed by atoms with E-state index in [-0.39, 0.29) is 5.56 Å². The molecule has 1 aliphatic rings. The summed E-state index contributed by atoms with van der Waals surface area (Å²) in [6, 6.07) is 19.2. The van der Waals surface area contributed by atoms with Gasteiger partial charge in [-0.25, -0.2) is 8.78 Å². The van der Waals surface area contributed by atoms with Crippen molar-refractivity contribution >= 4 is 17.3 Å². The summed E-state index contributed by atoms with van der Waals surface area (Å²) in [7, 11) is 0. The first-order valence-corrected chi connectivity index (χ1v) is 8.79.